The molecule has 1 aromatic heterocycles. The number of carbonyl (C=O) groups is 2. The molecular weight excluding hydrogens is 414 g/mol. The van der Waals surface area contributed by atoms with Crippen molar-refractivity contribution in [2.24, 2.45) is 5.92 Å². The number of aromatic nitrogens is 1. The number of benzene rings is 2. The predicted molar refractivity (Wildman–Crippen MR) is 134 cm³/mol. The summed E-state index contributed by atoms with van der Waals surface area (Å²) in [5, 5.41) is 6.76. The second-order valence-electron chi connectivity index (χ2n) is 9.73. The predicted octanol–water partition coefficient (Wildman–Crippen LogP) is 4.96. The molecule has 0 saturated heterocycles. The Morgan fingerprint density at radius 1 is 1.03 bits per heavy atom. The van der Waals surface area contributed by atoms with Crippen LogP contribution in [0.15, 0.2) is 48.5 Å². The topological polar surface area (TPSA) is 72.4 Å². The smallest absolute Gasteiger partial charge is 0.268 e. The zero-order valence-corrected chi connectivity index (χ0v) is 20.5. The van der Waals surface area contributed by atoms with Crippen LogP contribution in [0.2, 0.25) is 0 Å². The van der Waals surface area contributed by atoms with Crippen LogP contribution in [0.25, 0.3) is 10.9 Å². The molecule has 6 heteroatoms. The minimum Gasteiger partial charge on any atom is -0.383 e. The third-order valence-electron chi connectivity index (χ3n) is 5.68. The summed E-state index contributed by atoms with van der Waals surface area (Å²) >= 11 is 0. The van der Waals surface area contributed by atoms with Gasteiger partial charge in [-0.2, -0.15) is 0 Å². The van der Waals surface area contributed by atoms with Crippen LogP contribution < -0.4 is 10.6 Å². The number of ether oxygens (including phenoxy) is 1. The van der Waals surface area contributed by atoms with E-state index in [9.17, 15) is 9.59 Å². The summed E-state index contributed by atoms with van der Waals surface area (Å²) in [5.74, 6) is -0.295. The van der Waals surface area contributed by atoms with Crippen molar-refractivity contribution in [2.45, 2.75) is 46.6 Å². The lowest BCUT2D eigenvalue weighted by Crippen LogP contribution is -2.29. The average Bonchev–Trinajstić information content (AvgIpc) is 3.11. The van der Waals surface area contributed by atoms with Gasteiger partial charge in [-0.05, 0) is 40.8 Å². The van der Waals surface area contributed by atoms with Gasteiger partial charge in [0, 0.05) is 42.7 Å². The maximum atomic E-state index is 13.0. The number of nitrogens with zero attached hydrogens (tertiary/aromatic N) is 1. The third-order valence-corrected chi connectivity index (χ3v) is 5.68. The van der Waals surface area contributed by atoms with Crippen LogP contribution in [0.1, 0.15) is 56.2 Å². The summed E-state index contributed by atoms with van der Waals surface area (Å²) < 4.78 is 7.09. The van der Waals surface area contributed by atoms with Gasteiger partial charge in [-0.15, -0.1) is 0 Å². The van der Waals surface area contributed by atoms with Crippen molar-refractivity contribution in [3.05, 3.63) is 65.4 Å². The van der Waals surface area contributed by atoms with E-state index in [1.54, 1.807) is 7.11 Å². The summed E-state index contributed by atoms with van der Waals surface area (Å²) in [6.45, 7) is 11.8. The molecule has 2 aromatic carbocycles. The Balaban J connectivity index is 1.97. The van der Waals surface area contributed by atoms with E-state index in [2.05, 4.69) is 55.7 Å². The monoisotopic (exact) mass is 449 g/mol. The van der Waals surface area contributed by atoms with Gasteiger partial charge in [0.1, 0.15) is 5.69 Å². The van der Waals surface area contributed by atoms with Gasteiger partial charge in [-0.1, -0.05) is 58.9 Å². The number of rotatable bonds is 8. The van der Waals surface area contributed by atoms with E-state index in [1.807, 2.05) is 42.7 Å². The zero-order chi connectivity index (χ0) is 24.2. The van der Waals surface area contributed by atoms with Crippen molar-refractivity contribution >= 4 is 28.4 Å². The summed E-state index contributed by atoms with van der Waals surface area (Å²) in [5.41, 5.74) is 4.71. The largest absolute Gasteiger partial charge is 0.383 e. The second-order valence-corrected chi connectivity index (χ2v) is 9.73. The fourth-order valence-corrected chi connectivity index (χ4v) is 3.64. The van der Waals surface area contributed by atoms with E-state index in [0.717, 1.165) is 22.2 Å². The van der Waals surface area contributed by atoms with Gasteiger partial charge in [-0.25, -0.2) is 0 Å². The SMILES string of the molecule is COCCNC(=O)c1cc2cc(NC(=O)C(C)C)ccc2n1Cc1ccc(C(C)(C)C)cc1. The van der Waals surface area contributed by atoms with E-state index in [-0.39, 0.29) is 23.1 Å². The summed E-state index contributed by atoms with van der Waals surface area (Å²) in [4.78, 5) is 25.1. The molecule has 3 aromatic rings. The molecule has 176 valence electrons. The van der Waals surface area contributed by atoms with Crippen molar-refractivity contribution in [3.8, 4) is 0 Å². The first-order valence-corrected chi connectivity index (χ1v) is 11.4. The van der Waals surface area contributed by atoms with E-state index in [4.69, 9.17) is 4.74 Å². The van der Waals surface area contributed by atoms with Gasteiger partial charge in [0.05, 0.1) is 6.61 Å². The van der Waals surface area contributed by atoms with Crippen molar-refractivity contribution in [3.63, 3.8) is 0 Å². The zero-order valence-electron chi connectivity index (χ0n) is 20.5. The maximum Gasteiger partial charge on any atom is 0.268 e. The van der Waals surface area contributed by atoms with Gasteiger partial charge in [0.25, 0.3) is 5.91 Å². The fourth-order valence-electron chi connectivity index (χ4n) is 3.64. The molecule has 0 spiro atoms. The standard InChI is InChI=1S/C27H35N3O3/c1-18(2)25(31)29-22-11-12-23-20(15-22)16-24(26(32)28-13-14-33-6)30(23)17-19-7-9-21(10-8-19)27(3,4)5/h7-12,15-16,18H,13-14,17H2,1-6H3,(H,28,32)(H,29,31). The Morgan fingerprint density at radius 2 is 1.73 bits per heavy atom. The van der Waals surface area contributed by atoms with Crippen LogP contribution in [0.3, 0.4) is 0 Å². The van der Waals surface area contributed by atoms with E-state index >= 15 is 0 Å². The van der Waals surface area contributed by atoms with Crippen molar-refractivity contribution < 1.29 is 14.3 Å². The Hall–Kier alpha value is -3.12. The number of hydrogen-bond donors (Lipinski definition) is 2. The van der Waals surface area contributed by atoms with Crippen LogP contribution in [0.5, 0.6) is 0 Å². The first-order chi connectivity index (χ1) is 15.6. The molecule has 0 atom stereocenters. The van der Waals surface area contributed by atoms with Gasteiger partial charge < -0.3 is 19.9 Å². The fraction of sp³-hybridized carbons (Fsp3) is 0.407. The minimum atomic E-state index is -0.151. The van der Waals surface area contributed by atoms with Crippen LogP contribution >= 0.6 is 0 Å². The summed E-state index contributed by atoms with van der Waals surface area (Å²) in [6.07, 6.45) is 0. The molecular formula is C27H35N3O3. The highest BCUT2D eigenvalue weighted by Gasteiger charge is 2.18. The first-order valence-electron chi connectivity index (χ1n) is 11.4. The molecule has 3 rings (SSSR count). The molecule has 0 aliphatic heterocycles. The van der Waals surface area contributed by atoms with E-state index < -0.39 is 0 Å². The Morgan fingerprint density at radius 3 is 2.33 bits per heavy atom. The van der Waals surface area contributed by atoms with E-state index in [0.29, 0.717) is 25.4 Å². The van der Waals surface area contributed by atoms with Gasteiger partial charge in [0.15, 0.2) is 0 Å². The van der Waals surface area contributed by atoms with Crippen LogP contribution in [-0.4, -0.2) is 36.6 Å². The number of hydrogen-bond acceptors (Lipinski definition) is 3. The maximum absolute atomic E-state index is 13.0. The highest BCUT2D eigenvalue weighted by atomic mass is 16.5. The number of anilines is 1. The van der Waals surface area contributed by atoms with Crippen LogP contribution in [-0.2, 0) is 21.5 Å². The molecule has 0 radical (unpaired) electrons. The Bertz CT molecular complexity index is 1120. The summed E-state index contributed by atoms with van der Waals surface area (Å²) in [6, 6.07) is 16.2. The molecule has 0 unspecified atom stereocenters. The molecule has 2 amide bonds. The molecule has 6 nitrogen and oxygen atoms in total. The van der Waals surface area contributed by atoms with Crippen molar-refractivity contribution in [2.75, 3.05) is 25.6 Å². The molecule has 1 heterocycles. The number of fused-ring (bicyclic) bond motifs is 1. The third kappa shape index (κ3) is 6.02. The first kappa shape index (κ1) is 24.5. The Labute approximate surface area is 196 Å². The normalized spacial score (nSPS) is 11.7. The van der Waals surface area contributed by atoms with Crippen LogP contribution in [0.4, 0.5) is 5.69 Å². The van der Waals surface area contributed by atoms with Gasteiger partial charge in [0.2, 0.25) is 5.91 Å². The quantitative estimate of drug-likeness (QED) is 0.478. The number of methoxy groups -OCH3 is 1. The van der Waals surface area contributed by atoms with Crippen molar-refractivity contribution in [1.82, 2.24) is 9.88 Å². The highest BCUT2D eigenvalue weighted by molar-refractivity contribution is 6.00. The number of carbonyl (C=O) groups excluding carboxylic acids is 2. The van der Waals surface area contributed by atoms with Crippen LogP contribution in [0, 0.1) is 5.92 Å². The van der Waals surface area contributed by atoms with Gasteiger partial charge in [-0.3, -0.25) is 9.59 Å². The highest BCUT2D eigenvalue weighted by Crippen LogP contribution is 2.27. The lowest BCUT2D eigenvalue weighted by atomic mass is 9.87. The van der Waals surface area contributed by atoms with Gasteiger partial charge >= 0.3 is 0 Å². The molecule has 0 fully saturated rings. The molecule has 0 aliphatic rings. The average molecular weight is 450 g/mol. The van der Waals surface area contributed by atoms with E-state index in [1.165, 1.54) is 5.56 Å². The molecule has 0 saturated carbocycles. The number of nitrogens with one attached hydrogen (secondary N) is 2. The molecule has 0 aliphatic carbocycles. The Kier molecular flexibility index (Phi) is 7.59. The lowest BCUT2D eigenvalue weighted by molar-refractivity contribution is -0.118. The lowest BCUT2D eigenvalue weighted by Gasteiger charge is -2.19. The summed E-state index contributed by atoms with van der Waals surface area (Å²) in [7, 11) is 1.61. The molecule has 0 bridgehead atoms. The second kappa shape index (κ2) is 10.2. The molecule has 2 N–H and O–H groups in total. The number of amides is 2. The minimum absolute atomic E-state index is 0.0368. The van der Waals surface area contributed by atoms with Crippen molar-refractivity contribution in [1.29, 1.82) is 0 Å². The molecule has 33 heavy (non-hydrogen) atoms.